The van der Waals surface area contributed by atoms with Gasteiger partial charge in [0.1, 0.15) is 5.82 Å². The summed E-state index contributed by atoms with van der Waals surface area (Å²) >= 11 is 0. The molecule has 6 nitrogen and oxygen atoms in total. The van der Waals surface area contributed by atoms with Gasteiger partial charge in [-0.25, -0.2) is 9.37 Å². The minimum absolute atomic E-state index is 0.138. The molecule has 0 bridgehead atoms. The van der Waals surface area contributed by atoms with E-state index >= 15 is 0 Å². The van der Waals surface area contributed by atoms with Gasteiger partial charge in [0.25, 0.3) is 11.5 Å². The molecule has 3 aromatic rings. The van der Waals surface area contributed by atoms with Gasteiger partial charge < -0.3 is 14.2 Å². The summed E-state index contributed by atoms with van der Waals surface area (Å²) in [5.41, 5.74) is 1.18. The molecule has 146 valence electrons. The highest BCUT2D eigenvalue weighted by Gasteiger charge is 2.26. The molecule has 0 aliphatic carbocycles. The van der Waals surface area contributed by atoms with E-state index in [9.17, 15) is 14.0 Å². The van der Waals surface area contributed by atoms with Gasteiger partial charge in [0.05, 0.1) is 23.7 Å². The van der Waals surface area contributed by atoms with E-state index in [-0.39, 0.29) is 30.7 Å². The smallest absolute Gasteiger partial charge is 0.282 e. The van der Waals surface area contributed by atoms with Gasteiger partial charge in [-0.3, -0.25) is 9.59 Å². The Bertz CT molecular complexity index is 1060. The highest BCUT2D eigenvalue weighted by atomic mass is 19.1. The first-order valence-electron chi connectivity index (χ1n) is 8.92. The van der Waals surface area contributed by atoms with Gasteiger partial charge in [0.15, 0.2) is 5.69 Å². The maximum absolute atomic E-state index is 13.6. The minimum Gasteiger partial charge on any atom is -0.383 e. The molecule has 1 unspecified atom stereocenters. The van der Waals surface area contributed by atoms with Crippen LogP contribution >= 0.6 is 0 Å². The fourth-order valence-electron chi connectivity index (χ4n) is 3.15. The van der Waals surface area contributed by atoms with Crippen LogP contribution in [0.4, 0.5) is 4.39 Å². The lowest BCUT2D eigenvalue weighted by molar-refractivity contribution is 0.0534. The van der Waals surface area contributed by atoms with Gasteiger partial charge in [-0.1, -0.05) is 24.3 Å². The molecule has 1 atom stereocenters. The van der Waals surface area contributed by atoms with Crippen molar-refractivity contribution in [3.8, 4) is 0 Å². The topological polar surface area (TPSA) is 64.4 Å². The first-order valence-corrected chi connectivity index (χ1v) is 8.92. The van der Waals surface area contributed by atoms with Crippen molar-refractivity contribution in [2.75, 3.05) is 13.7 Å². The predicted molar refractivity (Wildman–Crippen MR) is 105 cm³/mol. The SMILES string of the molecule is COCC(C)N(Cc1cccc(F)c1)C(=O)c1nc2ccccc2n(C)c1=O. The van der Waals surface area contributed by atoms with Gasteiger partial charge in [0.2, 0.25) is 0 Å². The van der Waals surface area contributed by atoms with Crippen LogP contribution in [-0.4, -0.2) is 40.1 Å². The third-order valence-corrected chi connectivity index (χ3v) is 4.63. The molecular weight excluding hydrogens is 361 g/mol. The third kappa shape index (κ3) is 3.94. The van der Waals surface area contributed by atoms with E-state index in [2.05, 4.69) is 4.98 Å². The Hall–Kier alpha value is -3.06. The van der Waals surface area contributed by atoms with Crippen LogP contribution in [0.1, 0.15) is 23.0 Å². The summed E-state index contributed by atoms with van der Waals surface area (Å²) < 4.78 is 20.2. The number of hydrogen-bond acceptors (Lipinski definition) is 4. The van der Waals surface area contributed by atoms with Crippen molar-refractivity contribution >= 4 is 16.9 Å². The lowest BCUT2D eigenvalue weighted by atomic mass is 10.1. The van der Waals surface area contributed by atoms with Crippen molar-refractivity contribution in [2.24, 2.45) is 7.05 Å². The normalized spacial score (nSPS) is 12.1. The van der Waals surface area contributed by atoms with Crippen LogP contribution in [0.15, 0.2) is 53.3 Å². The van der Waals surface area contributed by atoms with E-state index < -0.39 is 11.5 Å². The van der Waals surface area contributed by atoms with E-state index in [0.29, 0.717) is 16.6 Å². The van der Waals surface area contributed by atoms with Gasteiger partial charge in [-0.2, -0.15) is 0 Å². The molecule has 0 N–H and O–H groups in total. The standard InChI is InChI=1S/C21H22FN3O3/c1-14(13-28-3)25(12-15-7-6-8-16(22)11-15)21(27)19-20(26)24(2)18-10-5-4-9-17(18)23-19/h4-11,14H,12-13H2,1-3H3. The monoisotopic (exact) mass is 383 g/mol. The highest BCUT2D eigenvalue weighted by molar-refractivity contribution is 5.94. The number of benzene rings is 2. The van der Waals surface area contributed by atoms with Crippen LogP contribution < -0.4 is 5.56 Å². The predicted octanol–water partition coefficient (Wildman–Crippen LogP) is 2.75. The molecule has 0 aliphatic heterocycles. The first-order chi connectivity index (χ1) is 13.4. The summed E-state index contributed by atoms with van der Waals surface area (Å²) in [6.45, 7) is 2.22. The molecule has 0 spiro atoms. The molecule has 0 saturated carbocycles. The van der Waals surface area contributed by atoms with Crippen LogP contribution in [-0.2, 0) is 18.3 Å². The molecule has 0 saturated heterocycles. The molecular formula is C21H22FN3O3. The Morgan fingerprint density at radius 2 is 2.00 bits per heavy atom. The average molecular weight is 383 g/mol. The van der Waals surface area contributed by atoms with Gasteiger partial charge in [-0.05, 0) is 36.8 Å². The summed E-state index contributed by atoms with van der Waals surface area (Å²) in [7, 11) is 3.15. The average Bonchev–Trinajstić information content (AvgIpc) is 2.68. The molecule has 0 radical (unpaired) electrons. The van der Waals surface area contributed by atoms with Crippen LogP contribution in [0.2, 0.25) is 0 Å². The van der Waals surface area contributed by atoms with Crippen molar-refractivity contribution in [1.29, 1.82) is 0 Å². The van der Waals surface area contributed by atoms with Crippen LogP contribution in [0.5, 0.6) is 0 Å². The van der Waals surface area contributed by atoms with Crippen molar-refractivity contribution in [3.63, 3.8) is 0 Å². The largest absolute Gasteiger partial charge is 0.383 e. The number of fused-ring (bicyclic) bond motifs is 1. The highest BCUT2D eigenvalue weighted by Crippen LogP contribution is 2.15. The Morgan fingerprint density at radius 3 is 2.71 bits per heavy atom. The number of amides is 1. The number of carbonyl (C=O) groups is 1. The fraction of sp³-hybridized carbons (Fsp3) is 0.286. The Balaban J connectivity index is 2.05. The van der Waals surface area contributed by atoms with E-state index in [0.717, 1.165) is 0 Å². The molecule has 1 aromatic heterocycles. The number of halogens is 1. The van der Waals surface area contributed by atoms with Crippen molar-refractivity contribution < 1.29 is 13.9 Å². The summed E-state index contributed by atoms with van der Waals surface area (Å²) in [5.74, 6) is -0.899. The number of methoxy groups -OCH3 is 1. The van der Waals surface area contributed by atoms with E-state index in [1.165, 1.54) is 28.7 Å². The summed E-state index contributed by atoms with van der Waals surface area (Å²) in [5, 5.41) is 0. The van der Waals surface area contributed by atoms with Crippen LogP contribution in [0.25, 0.3) is 11.0 Å². The molecule has 0 fully saturated rings. The number of nitrogens with zero attached hydrogens (tertiary/aromatic N) is 3. The zero-order chi connectivity index (χ0) is 20.3. The minimum atomic E-state index is -0.514. The number of aryl methyl sites for hydroxylation is 1. The van der Waals surface area contributed by atoms with Gasteiger partial charge in [0, 0.05) is 20.7 Å². The molecule has 2 aromatic carbocycles. The third-order valence-electron chi connectivity index (χ3n) is 4.63. The second-order valence-corrected chi connectivity index (χ2v) is 6.68. The Labute approximate surface area is 162 Å². The fourth-order valence-corrected chi connectivity index (χ4v) is 3.15. The molecule has 1 amide bonds. The zero-order valence-corrected chi connectivity index (χ0v) is 16.1. The summed E-state index contributed by atoms with van der Waals surface area (Å²) in [6.07, 6.45) is 0. The van der Waals surface area contributed by atoms with Gasteiger partial charge in [-0.15, -0.1) is 0 Å². The lowest BCUT2D eigenvalue weighted by Crippen LogP contribution is -2.43. The zero-order valence-electron chi connectivity index (χ0n) is 16.1. The van der Waals surface area contributed by atoms with E-state index in [4.69, 9.17) is 4.74 Å². The number of rotatable bonds is 6. The second-order valence-electron chi connectivity index (χ2n) is 6.68. The molecule has 0 aliphatic rings. The van der Waals surface area contributed by atoms with Crippen LogP contribution in [0.3, 0.4) is 0 Å². The number of ether oxygens (including phenoxy) is 1. The van der Waals surface area contributed by atoms with Crippen molar-refractivity contribution in [1.82, 2.24) is 14.5 Å². The first kappa shape index (κ1) is 19.7. The quantitative estimate of drug-likeness (QED) is 0.657. The molecule has 1 heterocycles. The number of para-hydroxylation sites is 2. The number of hydrogen-bond donors (Lipinski definition) is 0. The van der Waals surface area contributed by atoms with E-state index in [1.807, 2.05) is 13.0 Å². The maximum Gasteiger partial charge on any atom is 0.282 e. The van der Waals surface area contributed by atoms with Crippen molar-refractivity contribution in [3.05, 3.63) is 76.0 Å². The van der Waals surface area contributed by atoms with Gasteiger partial charge >= 0.3 is 0 Å². The summed E-state index contributed by atoms with van der Waals surface area (Å²) in [4.78, 5) is 31.8. The van der Waals surface area contributed by atoms with E-state index in [1.54, 1.807) is 37.4 Å². The molecule has 28 heavy (non-hydrogen) atoms. The maximum atomic E-state index is 13.6. The molecule has 3 rings (SSSR count). The second kappa shape index (κ2) is 8.31. The Morgan fingerprint density at radius 1 is 1.25 bits per heavy atom. The number of aromatic nitrogens is 2. The Kier molecular flexibility index (Phi) is 5.84. The van der Waals surface area contributed by atoms with Crippen LogP contribution in [0, 0.1) is 5.82 Å². The lowest BCUT2D eigenvalue weighted by Gasteiger charge is -2.28. The summed E-state index contributed by atoms with van der Waals surface area (Å²) in [6, 6.07) is 12.8. The molecule has 7 heteroatoms. The number of carbonyl (C=O) groups excluding carboxylic acids is 1. The van der Waals surface area contributed by atoms with Crippen molar-refractivity contribution in [2.45, 2.75) is 19.5 Å².